The van der Waals surface area contributed by atoms with Crippen LogP contribution in [-0.4, -0.2) is 33.2 Å². The van der Waals surface area contributed by atoms with Crippen molar-refractivity contribution in [1.29, 1.82) is 0 Å². The molecule has 0 aliphatic carbocycles. The molecule has 0 bridgehead atoms. The topological polar surface area (TPSA) is 77.7 Å². The molecule has 0 amide bonds. The Labute approximate surface area is 113 Å². The van der Waals surface area contributed by atoms with Gasteiger partial charge in [-0.3, -0.25) is 0 Å². The van der Waals surface area contributed by atoms with Gasteiger partial charge in [-0.25, -0.2) is 4.57 Å². The first-order valence-corrected chi connectivity index (χ1v) is 6.40. The zero-order valence-electron chi connectivity index (χ0n) is 11.9. The number of aromatic nitrogens is 4. The number of anilines is 1. The number of hydrogen-bond acceptors (Lipinski definition) is 4. The van der Waals surface area contributed by atoms with Gasteiger partial charge in [-0.05, 0) is 6.92 Å². The first kappa shape index (κ1) is 15.1. The highest BCUT2D eigenvalue weighted by molar-refractivity contribution is 5.79. The van der Waals surface area contributed by atoms with E-state index in [1.165, 1.54) is 0 Å². The number of nitrogens with one attached hydrogen (secondary N) is 2. The molecule has 0 aliphatic heterocycles. The van der Waals surface area contributed by atoms with Gasteiger partial charge in [0.2, 0.25) is 12.1 Å². The van der Waals surface area contributed by atoms with Crippen LogP contribution in [0.2, 0.25) is 0 Å². The minimum atomic E-state index is 0.0817. The zero-order chi connectivity index (χ0) is 14.3. The monoisotopic (exact) mass is 264 g/mol. The lowest BCUT2D eigenvalue weighted by atomic mass is 10.3. The number of rotatable bonds is 4. The Kier molecular flexibility index (Phi) is 5.95. The first-order chi connectivity index (χ1) is 9.22. The molecule has 2 rings (SSSR count). The lowest BCUT2D eigenvalue weighted by Crippen LogP contribution is -2.30. The molecular formula is C13H22N5O+. The summed E-state index contributed by atoms with van der Waals surface area (Å²) < 4.78 is 1.85. The van der Waals surface area contributed by atoms with Gasteiger partial charge in [0.15, 0.2) is 11.8 Å². The molecule has 0 spiro atoms. The predicted octanol–water partition coefficient (Wildman–Crippen LogP) is 1.16. The fraction of sp³-hybridized carbons (Fsp3) is 0.462. The lowest BCUT2D eigenvalue weighted by Gasteiger charge is -2.01. The van der Waals surface area contributed by atoms with Crippen LogP contribution in [-0.2, 0) is 7.05 Å². The minimum absolute atomic E-state index is 0.0817. The van der Waals surface area contributed by atoms with Gasteiger partial charge >= 0.3 is 0 Å². The summed E-state index contributed by atoms with van der Waals surface area (Å²) in [6.07, 6.45) is 5.29. The molecule has 6 heteroatoms. The molecule has 19 heavy (non-hydrogen) atoms. The maximum Gasteiger partial charge on any atom is 0.293 e. The molecule has 0 fully saturated rings. The summed E-state index contributed by atoms with van der Waals surface area (Å²) in [5.41, 5.74) is 2.66. The Balaban J connectivity index is 0.000000861. The van der Waals surface area contributed by atoms with Crippen molar-refractivity contribution in [3.8, 4) is 0 Å². The van der Waals surface area contributed by atoms with Gasteiger partial charge in [0.05, 0.1) is 13.7 Å². The molecule has 2 aromatic heterocycles. The van der Waals surface area contributed by atoms with Crippen molar-refractivity contribution < 1.29 is 9.67 Å². The van der Waals surface area contributed by atoms with Crippen LogP contribution in [0.15, 0.2) is 24.3 Å². The summed E-state index contributed by atoms with van der Waals surface area (Å²) in [5, 5.41) is 12.1. The van der Waals surface area contributed by atoms with Gasteiger partial charge in [-0.1, -0.05) is 35.5 Å². The van der Waals surface area contributed by atoms with Crippen LogP contribution in [0.4, 0.5) is 5.82 Å². The zero-order valence-corrected chi connectivity index (χ0v) is 11.9. The van der Waals surface area contributed by atoms with Gasteiger partial charge in [0, 0.05) is 6.54 Å². The maximum absolute atomic E-state index is 8.88. The van der Waals surface area contributed by atoms with E-state index in [2.05, 4.69) is 20.3 Å². The number of aliphatic hydroxyl groups is 1. The molecule has 0 atom stereocenters. The minimum Gasteiger partial charge on any atom is -0.392 e. The number of aromatic amines is 1. The van der Waals surface area contributed by atoms with E-state index in [4.69, 9.17) is 5.11 Å². The normalized spacial score (nSPS) is 11.1. The Bertz CT molecular complexity index is 547. The smallest absolute Gasteiger partial charge is 0.293 e. The molecule has 2 heterocycles. The molecular weight excluding hydrogens is 242 g/mol. The summed E-state index contributed by atoms with van der Waals surface area (Å²) in [7, 11) is 1.90. The van der Waals surface area contributed by atoms with Crippen LogP contribution in [0.3, 0.4) is 0 Å². The predicted molar refractivity (Wildman–Crippen MR) is 75.7 cm³/mol. The van der Waals surface area contributed by atoms with Crippen molar-refractivity contribution >= 4 is 17.0 Å². The number of hydrogen-bond donors (Lipinski definition) is 3. The molecule has 3 N–H and O–H groups in total. The molecule has 0 saturated heterocycles. The second-order valence-corrected chi connectivity index (χ2v) is 3.89. The number of aliphatic hydroxyl groups excluding tert-OH is 1. The number of nitrogens with zero attached hydrogens (tertiary/aromatic N) is 3. The van der Waals surface area contributed by atoms with E-state index in [1.54, 1.807) is 12.7 Å². The Morgan fingerprint density at radius 2 is 2.21 bits per heavy atom. The molecule has 0 aliphatic rings. The molecule has 0 radical (unpaired) electrons. The van der Waals surface area contributed by atoms with Gasteiger partial charge < -0.3 is 15.4 Å². The summed E-state index contributed by atoms with van der Waals surface area (Å²) in [4.78, 5) is 11.6. The van der Waals surface area contributed by atoms with Crippen LogP contribution in [0.5, 0.6) is 0 Å². The molecule has 0 saturated carbocycles. The third-order valence-corrected chi connectivity index (χ3v) is 2.52. The SMILES string of the molecule is C/C(=C\CNc1nc[n+](C)c2nc[nH]c12)CO.CC. The number of imidazole rings is 1. The fourth-order valence-electron chi connectivity index (χ4n) is 1.51. The summed E-state index contributed by atoms with van der Waals surface area (Å²) >= 11 is 0. The molecule has 0 unspecified atom stereocenters. The summed E-state index contributed by atoms with van der Waals surface area (Å²) in [6.45, 7) is 6.59. The lowest BCUT2D eigenvalue weighted by molar-refractivity contribution is -0.649. The fourth-order valence-corrected chi connectivity index (χ4v) is 1.51. The second kappa shape index (κ2) is 7.48. The maximum atomic E-state index is 8.88. The van der Waals surface area contributed by atoms with Crippen LogP contribution in [0.1, 0.15) is 20.8 Å². The average Bonchev–Trinajstić information content (AvgIpc) is 2.94. The standard InChI is InChI=1S/C11H15N5O.C2H6/c1-8(5-17)3-4-12-10-9-11(14-6-13-9)16(2)7-15-10;1-2/h3,6-7,17H,4-5H2,1-2H3,(H,12,13,14);1-2H3/p+1/b8-3+;. The first-order valence-electron chi connectivity index (χ1n) is 6.40. The Morgan fingerprint density at radius 3 is 2.89 bits per heavy atom. The van der Waals surface area contributed by atoms with Crippen LogP contribution >= 0.6 is 0 Å². The van der Waals surface area contributed by atoms with Gasteiger partial charge in [-0.2, -0.15) is 0 Å². The van der Waals surface area contributed by atoms with Crippen molar-refractivity contribution in [3.63, 3.8) is 0 Å². The quantitative estimate of drug-likeness (QED) is 0.572. The number of aryl methyl sites for hydroxylation is 1. The van der Waals surface area contributed by atoms with Gasteiger partial charge in [0.25, 0.3) is 5.65 Å². The van der Waals surface area contributed by atoms with Crippen LogP contribution in [0, 0.1) is 0 Å². The third kappa shape index (κ3) is 3.75. The van der Waals surface area contributed by atoms with Crippen LogP contribution < -0.4 is 9.88 Å². The van der Waals surface area contributed by atoms with E-state index in [1.807, 2.05) is 38.5 Å². The number of H-pyrrole nitrogens is 1. The van der Waals surface area contributed by atoms with Crippen molar-refractivity contribution in [2.24, 2.45) is 7.05 Å². The average molecular weight is 264 g/mol. The van der Waals surface area contributed by atoms with Crippen molar-refractivity contribution in [2.75, 3.05) is 18.5 Å². The largest absolute Gasteiger partial charge is 0.392 e. The second-order valence-electron chi connectivity index (χ2n) is 3.89. The van der Waals surface area contributed by atoms with Gasteiger partial charge in [0.1, 0.15) is 0 Å². The third-order valence-electron chi connectivity index (χ3n) is 2.52. The highest BCUT2D eigenvalue weighted by atomic mass is 16.3. The van der Waals surface area contributed by atoms with E-state index in [0.29, 0.717) is 6.54 Å². The highest BCUT2D eigenvalue weighted by Gasteiger charge is 2.13. The van der Waals surface area contributed by atoms with E-state index in [9.17, 15) is 0 Å². The molecule has 0 aromatic carbocycles. The van der Waals surface area contributed by atoms with E-state index in [-0.39, 0.29) is 6.61 Å². The highest BCUT2D eigenvalue weighted by Crippen LogP contribution is 2.12. The number of fused-ring (bicyclic) bond motifs is 1. The Morgan fingerprint density at radius 1 is 1.47 bits per heavy atom. The van der Waals surface area contributed by atoms with Crippen molar-refractivity contribution in [3.05, 3.63) is 24.3 Å². The van der Waals surface area contributed by atoms with Crippen molar-refractivity contribution in [2.45, 2.75) is 20.8 Å². The van der Waals surface area contributed by atoms with E-state index in [0.717, 1.165) is 22.6 Å². The van der Waals surface area contributed by atoms with E-state index < -0.39 is 0 Å². The molecule has 6 nitrogen and oxygen atoms in total. The van der Waals surface area contributed by atoms with E-state index >= 15 is 0 Å². The van der Waals surface area contributed by atoms with Gasteiger partial charge in [-0.15, -0.1) is 0 Å². The molecule has 104 valence electrons. The van der Waals surface area contributed by atoms with Crippen LogP contribution in [0.25, 0.3) is 11.2 Å². The Hall–Kier alpha value is -1.95. The summed E-state index contributed by atoms with van der Waals surface area (Å²) in [5.74, 6) is 0.762. The summed E-state index contributed by atoms with van der Waals surface area (Å²) in [6, 6.07) is 0. The van der Waals surface area contributed by atoms with Crippen molar-refractivity contribution in [1.82, 2.24) is 15.0 Å². The molecule has 2 aromatic rings.